The van der Waals surface area contributed by atoms with Crippen LogP contribution in [0.25, 0.3) is 0 Å². The molecule has 1 aliphatic heterocycles. The standard InChI is InChI=1S/C13H10N6S/c14-7-16-8-15-6-9-1-2-11-10(5-9)19-12-13(20-11)18-4-3-17-12/h1-5,8H,6H2,(H,15,16)(H,17,19). The number of aromatic nitrogens is 2. The van der Waals surface area contributed by atoms with Crippen LogP contribution in [0.5, 0.6) is 0 Å². The Bertz CT molecular complexity index is 706. The van der Waals surface area contributed by atoms with Crippen molar-refractivity contribution < 1.29 is 0 Å². The molecule has 2 N–H and O–H groups in total. The lowest BCUT2D eigenvalue weighted by Crippen LogP contribution is -2.11. The van der Waals surface area contributed by atoms with E-state index >= 15 is 0 Å². The van der Waals surface area contributed by atoms with Gasteiger partial charge in [-0.1, -0.05) is 17.8 Å². The number of anilines is 2. The van der Waals surface area contributed by atoms with Crippen molar-refractivity contribution in [2.75, 3.05) is 5.32 Å². The third kappa shape index (κ3) is 2.55. The van der Waals surface area contributed by atoms with Gasteiger partial charge in [0, 0.05) is 23.8 Å². The molecule has 0 amide bonds. The normalized spacial score (nSPS) is 12.2. The van der Waals surface area contributed by atoms with Gasteiger partial charge in [-0.25, -0.2) is 9.97 Å². The van der Waals surface area contributed by atoms with Gasteiger partial charge in [-0.05, 0) is 17.7 Å². The van der Waals surface area contributed by atoms with Gasteiger partial charge in [0.2, 0.25) is 6.19 Å². The maximum absolute atomic E-state index is 8.30. The van der Waals surface area contributed by atoms with Crippen molar-refractivity contribution in [2.45, 2.75) is 16.5 Å². The molecule has 6 nitrogen and oxygen atoms in total. The summed E-state index contributed by atoms with van der Waals surface area (Å²) in [6.45, 7) is 0.609. The predicted molar refractivity (Wildman–Crippen MR) is 76.8 cm³/mol. The number of hydrogen-bond acceptors (Lipinski definition) is 6. The number of nitrogens with one attached hydrogen (secondary N) is 2. The van der Waals surface area contributed by atoms with Gasteiger partial charge in [-0.3, -0.25) is 0 Å². The van der Waals surface area contributed by atoms with E-state index in [-0.39, 0.29) is 0 Å². The lowest BCUT2D eigenvalue weighted by molar-refractivity contribution is 0.930. The summed E-state index contributed by atoms with van der Waals surface area (Å²) in [6, 6.07) is 6.12. The first-order chi connectivity index (χ1) is 9.86. The smallest absolute Gasteiger partial charge is 0.207 e. The van der Waals surface area contributed by atoms with E-state index < -0.39 is 0 Å². The van der Waals surface area contributed by atoms with Crippen LogP contribution in [0, 0.1) is 11.5 Å². The van der Waals surface area contributed by atoms with E-state index in [1.165, 1.54) is 6.34 Å². The van der Waals surface area contributed by atoms with E-state index in [2.05, 4.69) is 25.6 Å². The van der Waals surface area contributed by atoms with E-state index in [1.807, 2.05) is 18.2 Å². The molecule has 1 aliphatic rings. The second-order valence-corrected chi connectivity index (χ2v) is 5.04. The molecule has 0 aliphatic carbocycles. The molecule has 98 valence electrons. The van der Waals surface area contributed by atoms with Crippen LogP contribution in [-0.4, -0.2) is 16.3 Å². The van der Waals surface area contributed by atoms with E-state index in [4.69, 9.17) is 5.26 Å². The largest absolute Gasteiger partial charge is 0.371 e. The Balaban J connectivity index is 1.78. The number of nitrogens with zero attached hydrogens (tertiary/aromatic N) is 4. The van der Waals surface area contributed by atoms with Gasteiger partial charge in [0.25, 0.3) is 0 Å². The van der Waals surface area contributed by atoms with E-state index in [0.717, 1.165) is 27.0 Å². The Hall–Kier alpha value is -2.59. The van der Waals surface area contributed by atoms with Crippen LogP contribution >= 0.6 is 11.8 Å². The van der Waals surface area contributed by atoms with Crippen LogP contribution in [0.3, 0.4) is 0 Å². The summed E-state index contributed by atoms with van der Waals surface area (Å²) in [5.41, 5.74) is 2.10. The first-order valence-corrected chi connectivity index (χ1v) is 6.71. The van der Waals surface area contributed by atoms with Crippen LogP contribution in [0.1, 0.15) is 5.56 Å². The van der Waals surface area contributed by atoms with Crippen molar-refractivity contribution in [3.8, 4) is 6.19 Å². The molecule has 0 spiro atoms. The third-order valence-electron chi connectivity index (χ3n) is 2.69. The Morgan fingerprint density at radius 2 is 2.30 bits per heavy atom. The Morgan fingerprint density at radius 1 is 1.40 bits per heavy atom. The van der Waals surface area contributed by atoms with Gasteiger partial charge >= 0.3 is 0 Å². The van der Waals surface area contributed by atoms with Gasteiger partial charge in [0.1, 0.15) is 11.4 Å². The fraction of sp³-hybridized carbons (Fsp3) is 0.0769. The minimum absolute atomic E-state index is 0.609. The van der Waals surface area contributed by atoms with E-state index in [0.29, 0.717) is 6.54 Å². The molecular weight excluding hydrogens is 272 g/mol. The van der Waals surface area contributed by atoms with Gasteiger partial charge in [0.05, 0.1) is 5.69 Å². The lowest BCUT2D eigenvalue weighted by Gasteiger charge is -2.19. The van der Waals surface area contributed by atoms with Crippen molar-refractivity contribution in [1.82, 2.24) is 15.3 Å². The summed E-state index contributed by atoms with van der Waals surface area (Å²) >= 11 is 1.60. The minimum Gasteiger partial charge on any atom is -0.371 e. The monoisotopic (exact) mass is 282 g/mol. The quantitative estimate of drug-likeness (QED) is 0.435. The molecule has 1 aromatic carbocycles. The fourth-order valence-corrected chi connectivity index (χ4v) is 2.71. The van der Waals surface area contributed by atoms with Crippen LogP contribution < -0.4 is 10.6 Å². The highest BCUT2D eigenvalue weighted by atomic mass is 32.2. The SMILES string of the molecule is N#CN=CNCc1ccc2c(c1)Nc1nccnc1S2. The molecule has 0 atom stereocenters. The molecule has 7 heteroatoms. The average molecular weight is 282 g/mol. The number of aliphatic imine (C=N–C) groups is 1. The zero-order valence-corrected chi connectivity index (χ0v) is 11.2. The molecule has 20 heavy (non-hydrogen) atoms. The second-order valence-electron chi connectivity index (χ2n) is 4.01. The maximum Gasteiger partial charge on any atom is 0.207 e. The minimum atomic E-state index is 0.609. The molecule has 2 heterocycles. The van der Waals surface area contributed by atoms with E-state index in [9.17, 15) is 0 Å². The highest BCUT2D eigenvalue weighted by molar-refractivity contribution is 7.99. The van der Waals surface area contributed by atoms with Gasteiger partial charge in [-0.15, -0.1) is 0 Å². The summed E-state index contributed by atoms with van der Waals surface area (Å²) in [5.74, 6) is 0.779. The molecule has 2 aromatic rings. The van der Waals surface area contributed by atoms with Crippen molar-refractivity contribution >= 4 is 29.6 Å². The zero-order chi connectivity index (χ0) is 13.8. The Labute approximate surface area is 120 Å². The number of rotatable bonds is 3. The number of nitriles is 1. The van der Waals surface area contributed by atoms with Crippen molar-refractivity contribution in [1.29, 1.82) is 5.26 Å². The molecule has 0 bridgehead atoms. The second kappa shape index (κ2) is 5.59. The summed E-state index contributed by atoms with van der Waals surface area (Å²) in [5, 5.41) is 15.4. The summed E-state index contributed by atoms with van der Waals surface area (Å²) in [4.78, 5) is 13.1. The highest BCUT2D eigenvalue weighted by Crippen LogP contribution is 2.41. The Kier molecular flexibility index (Phi) is 3.48. The number of fused-ring (bicyclic) bond motifs is 2. The van der Waals surface area contributed by atoms with E-state index in [1.54, 1.807) is 30.3 Å². The van der Waals surface area contributed by atoms with Gasteiger partial charge in [-0.2, -0.15) is 10.3 Å². The molecule has 3 rings (SSSR count). The number of benzene rings is 1. The van der Waals surface area contributed by atoms with Crippen LogP contribution in [0.15, 0.2) is 45.5 Å². The molecule has 0 fully saturated rings. The molecule has 0 saturated heterocycles. The van der Waals surface area contributed by atoms with Gasteiger partial charge < -0.3 is 10.6 Å². The lowest BCUT2D eigenvalue weighted by atomic mass is 10.2. The zero-order valence-electron chi connectivity index (χ0n) is 10.4. The molecule has 0 saturated carbocycles. The average Bonchev–Trinajstić information content (AvgIpc) is 2.49. The highest BCUT2D eigenvalue weighted by Gasteiger charge is 2.17. The number of hydrogen-bond donors (Lipinski definition) is 2. The predicted octanol–water partition coefficient (Wildman–Crippen LogP) is 2.28. The van der Waals surface area contributed by atoms with Crippen molar-refractivity contribution in [2.24, 2.45) is 4.99 Å². The van der Waals surface area contributed by atoms with Crippen molar-refractivity contribution in [3.05, 3.63) is 36.2 Å². The van der Waals surface area contributed by atoms with Crippen molar-refractivity contribution in [3.63, 3.8) is 0 Å². The molecule has 0 radical (unpaired) electrons. The topological polar surface area (TPSA) is 86.0 Å². The van der Waals surface area contributed by atoms with Crippen LogP contribution in [0.2, 0.25) is 0 Å². The summed E-state index contributed by atoms with van der Waals surface area (Å²) < 4.78 is 0. The first kappa shape index (κ1) is 12.4. The molecule has 1 aromatic heterocycles. The Morgan fingerprint density at radius 3 is 3.20 bits per heavy atom. The van der Waals surface area contributed by atoms with Crippen LogP contribution in [0.4, 0.5) is 11.5 Å². The fourth-order valence-electron chi connectivity index (χ4n) is 1.83. The third-order valence-corrected chi connectivity index (χ3v) is 3.76. The summed E-state index contributed by atoms with van der Waals surface area (Å²) in [6.07, 6.45) is 6.44. The molecule has 0 unspecified atom stereocenters. The van der Waals surface area contributed by atoms with Crippen LogP contribution in [-0.2, 0) is 6.54 Å². The maximum atomic E-state index is 8.30. The van der Waals surface area contributed by atoms with Gasteiger partial charge in [0.15, 0.2) is 5.82 Å². The summed E-state index contributed by atoms with van der Waals surface area (Å²) in [7, 11) is 0. The molecular formula is C13H10N6S. The first-order valence-electron chi connectivity index (χ1n) is 5.89.